The molecule has 98 valence electrons. The van der Waals surface area contributed by atoms with Crippen LogP contribution in [0.4, 0.5) is 0 Å². The van der Waals surface area contributed by atoms with E-state index in [1.165, 1.54) is 11.3 Å². The summed E-state index contributed by atoms with van der Waals surface area (Å²) in [5.41, 5.74) is 1.03. The Morgan fingerprint density at radius 3 is 2.65 bits per heavy atom. The average Bonchev–Trinajstić information content (AvgIpc) is 3.15. The molecule has 0 bridgehead atoms. The Morgan fingerprint density at radius 1 is 1.05 bits per heavy atom. The van der Waals surface area contributed by atoms with Crippen molar-refractivity contribution in [2.24, 2.45) is 0 Å². The number of hydrogen-bond donors (Lipinski definition) is 0. The third-order valence-electron chi connectivity index (χ3n) is 2.82. The van der Waals surface area contributed by atoms with Gasteiger partial charge in [0.25, 0.3) is 0 Å². The molecule has 4 rings (SSSR count). The molecule has 0 saturated carbocycles. The molecule has 0 N–H and O–H groups in total. The molecule has 0 aliphatic rings. The van der Waals surface area contributed by atoms with Gasteiger partial charge in [0.15, 0.2) is 5.82 Å². The highest BCUT2D eigenvalue weighted by Gasteiger charge is 2.14. The number of thiophene rings is 1. The number of hydrogen-bond acceptors (Lipinski definition) is 5. The van der Waals surface area contributed by atoms with Crippen molar-refractivity contribution < 1.29 is 0 Å². The van der Waals surface area contributed by atoms with Crippen molar-refractivity contribution in [2.45, 2.75) is 0 Å². The third kappa shape index (κ3) is 1.93. The summed E-state index contributed by atoms with van der Waals surface area (Å²) in [6.07, 6.45) is 0. The highest BCUT2D eigenvalue weighted by molar-refractivity contribution is 7.19. The Labute approximate surface area is 127 Å². The van der Waals surface area contributed by atoms with E-state index in [0.717, 1.165) is 31.3 Å². The van der Waals surface area contributed by atoms with E-state index in [4.69, 9.17) is 11.6 Å². The molecule has 0 atom stereocenters. The molecule has 4 nitrogen and oxygen atoms in total. The SMILES string of the molecule is Clc1ccc(-c2nn3c(-c4cccs4)nnc3s2)cc1. The molecule has 0 saturated heterocycles. The summed E-state index contributed by atoms with van der Waals surface area (Å²) in [7, 11) is 0. The van der Waals surface area contributed by atoms with Gasteiger partial charge in [0.1, 0.15) is 5.01 Å². The van der Waals surface area contributed by atoms with Crippen molar-refractivity contribution in [2.75, 3.05) is 0 Å². The second-order valence-electron chi connectivity index (χ2n) is 4.11. The van der Waals surface area contributed by atoms with E-state index >= 15 is 0 Å². The minimum absolute atomic E-state index is 0.719. The van der Waals surface area contributed by atoms with Crippen LogP contribution in [0.3, 0.4) is 0 Å². The Morgan fingerprint density at radius 2 is 1.90 bits per heavy atom. The first-order valence-electron chi connectivity index (χ1n) is 5.83. The highest BCUT2D eigenvalue weighted by atomic mass is 35.5. The first kappa shape index (κ1) is 12.0. The van der Waals surface area contributed by atoms with Crippen molar-refractivity contribution in [1.82, 2.24) is 19.8 Å². The van der Waals surface area contributed by atoms with E-state index in [1.54, 1.807) is 15.9 Å². The lowest BCUT2D eigenvalue weighted by molar-refractivity contribution is 0.974. The zero-order valence-electron chi connectivity index (χ0n) is 10.0. The normalized spacial score (nSPS) is 11.2. The molecule has 0 radical (unpaired) electrons. The van der Waals surface area contributed by atoms with Crippen LogP contribution in [0, 0.1) is 0 Å². The largest absolute Gasteiger partial charge is 0.235 e. The maximum atomic E-state index is 5.91. The van der Waals surface area contributed by atoms with Gasteiger partial charge in [-0.25, -0.2) is 0 Å². The number of nitrogens with zero attached hydrogens (tertiary/aromatic N) is 4. The van der Waals surface area contributed by atoms with Crippen molar-refractivity contribution in [1.29, 1.82) is 0 Å². The highest BCUT2D eigenvalue weighted by Crippen LogP contribution is 2.30. The Kier molecular flexibility index (Phi) is 2.80. The van der Waals surface area contributed by atoms with Gasteiger partial charge in [-0.3, -0.25) is 0 Å². The van der Waals surface area contributed by atoms with Crippen molar-refractivity contribution in [3.8, 4) is 21.3 Å². The van der Waals surface area contributed by atoms with E-state index in [-0.39, 0.29) is 0 Å². The summed E-state index contributed by atoms with van der Waals surface area (Å²) in [5, 5.41) is 16.6. The Bertz CT molecular complexity index is 862. The lowest BCUT2D eigenvalue weighted by Crippen LogP contribution is -1.88. The smallest absolute Gasteiger partial charge is 0.181 e. The number of halogens is 1. The van der Waals surface area contributed by atoms with E-state index in [1.807, 2.05) is 41.8 Å². The van der Waals surface area contributed by atoms with Gasteiger partial charge in [-0.1, -0.05) is 41.1 Å². The zero-order valence-corrected chi connectivity index (χ0v) is 12.4. The molecular weight excluding hydrogens is 312 g/mol. The summed E-state index contributed by atoms with van der Waals surface area (Å²) in [4.78, 5) is 1.85. The molecular formula is C13H7ClN4S2. The predicted octanol–water partition coefficient (Wildman–Crippen LogP) is 4.23. The maximum absolute atomic E-state index is 5.91. The van der Waals surface area contributed by atoms with E-state index in [9.17, 15) is 0 Å². The quantitative estimate of drug-likeness (QED) is 0.555. The van der Waals surface area contributed by atoms with Gasteiger partial charge in [0.05, 0.1) is 4.88 Å². The lowest BCUT2D eigenvalue weighted by atomic mass is 10.2. The van der Waals surface area contributed by atoms with Gasteiger partial charge < -0.3 is 0 Å². The fourth-order valence-electron chi connectivity index (χ4n) is 1.89. The fraction of sp³-hybridized carbons (Fsp3) is 0. The number of fused-ring (bicyclic) bond motifs is 1. The Balaban J connectivity index is 1.85. The van der Waals surface area contributed by atoms with Crippen LogP contribution >= 0.6 is 34.3 Å². The molecule has 1 aromatic carbocycles. The van der Waals surface area contributed by atoms with Crippen LogP contribution < -0.4 is 0 Å². The summed E-state index contributed by atoms with van der Waals surface area (Å²) in [6, 6.07) is 11.6. The van der Waals surface area contributed by atoms with Gasteiger partial charge in [-0.2, -0.15) is 9.61 Å². The molecule has 3 aromatic heterocycles. The van der Waals surface area contributed by atoms with Crippen molar-refractivity contribution >= 4 is 39.2 Å². The number of rotatable bonds is 2. The molecule has 0 spiro atoms. The molecule has 0 unspecified atom stereocenters. The molecule has 0 amide bonds. The molecule has 7 heteroatoms. The number of benzene rings is 1. The van der Waals surface area contributed by atoms with Crippen LogP contribution in [0.25, 0.3) is 26.2 Å². The molecule has 4 aromatic rings. The number of aromatic nitrogens is 4. The topological polar surface area (TPSA) is 43.1 Å². The third-order valence-corrected chi connectivity index (χ3v) is 4.89. The van der Waals surface area contributed by atoms with Crippen LogP contribution in [0.5, 0.6) is 0 Å². The summed E-state index contributed by atoms with van der Waals surface area (Å²) >= 11 is 9.05. The standard InChI is InChI=1S/C13H7ClN4S2/c14-9-5-3-8(4-6-9)12-17-18-11(10-2-1-7-19-10)15-16-13(18)20-12/h1-7H. The van der Waals surface area contributed by atoms with Crippen LogP contribution in [0.15, 0.2) is 41.8 Å². The van der Waals surface area contributed by atoms with Gasteiger partial charge in [0.2, 0.25) is 4.96 Å². The molecule has 3 heterocycles. The van der Waals surface area contributed by atoms with Gasteiger partial charge >= 0.3 is 0 Å². The molecule has 20 heavy (non-hydrogen) atoms. The van der Waals surface area contributed by atoms with Crippen LogP contribution in [0.2, 0.25) is 5.02 Å². The summed E-state index contributed by atoms with van der Waals surface area (Å²) < 4.78 is 1.79. The zero-order chi connectivity index (χ0) is 13.5. The molecule has 0 aliphatic carbocycles. The lowest BCUT2D eigenvalue weighted by Gasteiger charge is -1.95. The Hall–Kier alpha value is -1.76. The van der Waals surface area contributed by atoms with Crippen molar-refractivity contribution in [3.63, 3.8) is 0 Å². The molecule has 0 fully saturated rings. The second kappa shape index (κ2) is 4.66. The first-order chi connectivity index (χ1) is 9.81. The van der Waals surface area contributed by atoms with Gasteiger partial charge in [-0.15, -0.1) is 21.5 Å². The minimum atomic E-state index is 0.719. The van der Waals surface area contributed by atoms with Crippen LogP contribution in [-0.2, 0) is 0 Å². The predicted molar refractivity (Wildman–Crippen MR) is 82.4 cm³/mol. The molecule has 0 aliphatic heterocycles. The van der Waals surface area contributed by atoms with E-state index < -0.39 is 0 Å². The maximum Gasteiger partial charge on any atom is 0.235 e. The van der Waals surface area contributed by atoms with Crippen molar-refractivity contribution in [3.05, 3.63) is 46.8 Å². The van der Waals surface area contributed by atoms with Crippen LogP contribution in [0.1, 0.15) is 0 Å². The monoisotopic (exact) mass is 318 g/mol. The van der Waals surface area contributed by atoms with E-state index in [0.29, 0.717) is 0 Å². The first-order valence-corrected chi connectivity index (χ1v) is 7.91. The van der Waals surface area contributed by atoms with E-state index in [2.05, 4.69) is 15.3 Å². The van der Waals surface area contributed by atoms with Gasteiger partial charge in [-0.05, 0) is 23.6 Å². The summed E-state index contributed by atoms with van der Waals surface area (Å²) in [5.74, 6) is 0.784. The fourth-order valence-corrected chi connectivity index (χ4v) is 3.55. The summed E-state index contributed by atoms with van der Waals surface area (Å²) in [6.45, 7) is 0. The van der Waals surface area contributed by atoms with Crippen LogP contribution in [-0.4, -0.2) is 19.8 Å². The second-order valence-corrected chi connectivity index (χ2v) is 6.45. The average molecular weight is 319 g/mol. The minimum Gasteiger partial charge on any atom is -0.181 e. The van der Waals surface area contributed by atoms with Gasteiger partial charge in [0, 0.05) is 10.6 Å².